The van der Waals surface area contributed by atoms with Crippen molar-refractivity contribution in [2.75, 3.05) is 0 Å². The van der Waals surface area contributed by atoms with Gasteiger partial charge in [0.05, 0.1) is 34.1 Å². The summed E-state index contributed by atoms with van der Waals surface area (Å²) in [4.78, 5) is 63.0. The molecule has 0 bridgehead atoms. The Hall–Kier alpha value is -10.7. The second kappa shape index (κ2) is 53.2. The largest absolute Gasteiger partial charge is 0.512 e. The monoisotopic (exact) mass is 2540 g/mol. The van der Waals surface area contributed by atoms with E-state index in [-0.39, 0.29) is 147 Å². The number of hydrogen-bond acceptors (Lipinski definition) is 15. The molecule has 10 aromatic carbocycles. The molecule has 17 rings (SSSR count). The minimum Gasteiger partial charge on any atom is -0.512 e. The predicted molar refractivity (Wildman–Crippen MR) is 483 cm³/mol. The summed E-state index contributed by atoms with van der Waals surface area (Å²) in [7, 11) is 0. The molecule has 0 unspecified atom stereocenters. The number of para-hydroxylation sites is 2. The number of aliphatic hydroxyl groups is 4. The van der Waals surface area contributed by atoms with E-state index in [1.54, 1.807) is 11.3 Å². The van der Waals surface area contributed by atoms with Crippen molar-refractivity contribution in [1.29, 1.82) is 0 Å². The van der Waals surface area contributed by atoms with Crippen molar-refractivity contribution in [3.8, 4) is 56.3 Å². The van der Waals surface area contributed by atoms with E-state index in [1.165, 1.54) is 153 Å². The third-order valence-corrected chi connectivity index (χ3v) is 19.1. The van der Waals surface area contributed by atoms with Gasteiger partial charge in [0.15, 0.2) is 23.1 Å². The van der Waals surface area contributed by atoms with Crippen LogP contribution in [-0.4, -0.2) is 68.5 Å². The smallest absolute Gasteiger partial charge is 0.155 e. The molecular formula is C102H88Ir5N5O8S2-5. The van der Waals surface area contributed by atoms with Crippen molar-refractivity contribution in [2.45, 2.75) is 76.2 Å². The summed E-state index contributed by atoms with van der Waals surface area (Å²) in [5.74, 6) is -0.250. The average Bonchev–Trinajstić information content (AvgIpc) is 1.61. The van der Waals surface area contributed by atoms with Crippen molar-refractivity contribution in [3.05, 3.63) is 380 Å². The Morgan fingerprint density at radius 1 is 0.320 bits per heavy atom. The van der Waals surface area contributed by atoms with Crippen LogP contribution in [0.25, 0.3) is 129 Å². The van der Waals surface area contributed by atoms with E-state index in [0.717, 1.165) is 72.9 Å². The fraction of sp³-hybridized carbons (Fsp3) is 0.108. The summed E-state index contributed by atoms with van der Waals surface area (Å²) in [5.41, 5.74) is 16.0. The molecule has 13 nitrogen and oxygen atoms in total. The minimum absolute atomic E-state index is 0. The standard InChI is InChI=1S/C19H14NS.C17H10NS.C16H12N.2C15H10N.4C5H8O2.5Ir/c1-12-9-13(2)11-14(10-12)18-19-16(7-8-20-18)15-5-3-4-6-17(15)21-19;1-2-6-12(7-3-1)16-17-14(10-11-18-16)13-8-4-5-9-15(13)19-17;1-12-11-14-9-5-6-10-15(14)17-16(12)13-7-3-2-4-8-13;1-2-7-13(8-3-1)15-14-9-5-4-6-12(14)10-11-16-15;1-2-6-12(7-3-1)15-11-10-13-8-4-5-9-14(13)16-15;4*1-4(6)3-5(2)7;;;;;/h3-10H,1-2H3;1-6,8-11H;2-7,9-11H,1H3;1-7,9-11H;1-6,8-11H;4*3,6H,1-2H3;;;;;/q5*-1;;;;;;;;;. The first-order valence-electron chi connectivity index (χ1n) is 37.4. The predicted octanol–water partition coefficient (Wildman–Crippen LogP) is 26.0. The van der Waals surface area contributed by atoms with Crippen LogP contribution in [0.15, 0.2) is 333 Å². The van der Waals surface area contributed by atoms with Gasteiger partial charge in [-0.1, -0.05) is 135 Å². The van der Waals surface area contributed by atoms with Crippen molar-refractivity contribution >= 4 is 119 Å². The van der Waals surface area contributed by atoms with Gasteiger partial charge in [-0.25, -0.2) is 0 Å². The number of allylic oxidation sites excluding steroid dienone is 8. The number of aliphatic hydroxyl groups excluding tert-OH is 4. The summed E-state index contributed by atoms with van der Waals surface area (Å²) in [6, 6.07) is 107. The third-order valence-electron chi connectivity index (χ3n) is 16.7. The van der Waals surface area contributed by atoms with Crippen LogP contribution in [0, 0.1) is 51.1 Å². The van der Waals surface area contributed by atoms with Gasteiger partial charge >= 0.3 is 0 Å². The third kappa shape index (κ3) is 32.3. The normalized spacial score (nSPS) is 10.5. The number of aryl methyl sites for hydroxylation is 3. The molecule has 5 radical (unpaired) electrons. The number of carbonyl (C=O) groups excluding carboxylic acids is 4. The molecule has 0 amide bonds. The molecule has 0 saturated carbocycles. The number of carbonyl (C=O) groups is 4. The van der Waals surface area contributed by atoms with Crippen LogP contribution in [0.5, 0.6) is 0 Å². The number of nitrogens with zero attached hydrogens (tertiary/aromatic N) is 5. The molecule has 0 fully saturated rings. The van der Waals surface area contributed by atoms with Crippen LogP contribution in [0.2, 0.25) is 0 Å². The van der Waals surface area contributed by atoms with Gasteiger partial charge in [-0.05, 0) is 165 Å². The van der Waals surface area contributed by atoms with E-state index >= 15 is 0 Å². The number of fused-ring (bicyclic) bond motifs is 9. The topological polar surface area (TPSA) is 214 Å². The Balaban J connectivity index is 0.000000295. The molecule has 0 aliphatic rings. The number of thiophene rings is 2. The summed E-state index contributed by atoms with van der Waals surface area (Å²) >= 11 is 3.61. The van der Waals surface area contributed by atoms with Gasteiger partial charge in [0, 0.05) is 174 Å². The maximum absolute atomic E-state index is 10.0. The zero-order chi connectivity index (χ0) is 83.8. The fourth-order valence-corrected chi connectivity index (χ4v) is 14.5. The average molecular weight is 2540 g/mol. The number of pyridine rings is 5. The summed E-state index contributed by atoms with van der Waals surface area (Å²) in [6.07, 6.45) is 10.3. The van der Waals surface area contributed by atoms with Gasteiger partial charge in [-0.2, -0.15) is 0 Å². The molecule has 4 N–H and O–H groups in total. The molecule has 122 heavy (non-hydrogen) atoms. The van der Waals surface area contributed by atoms with E-state index in [1.807, 2.05) is 182 Å². The Morgan fingerprint density at radius 3 is 1.11 bits per heavy atom. The number of rotatable bonds is 9. The molecule has 0 aliphatic carbocycles. The first-order valence-corrected chi connectivity index (χ1v) is 39.0. The molecule has 0 atom stereocenters. The zero-order valence-corrected chi connectivity index (χ0v) is 82.2. The van der Waals surface area contributed by atoms with Crippen LogP contribution in [0.1, 0.15) is 72.1 Å². The molecule has 631 valence electrons. The second-order valence-electron chi connectivity index (χ2n) is 26.8. The number of benzene rings is 10. The molecule has 0 spiro atoms. The number of aromatic nitrogens is 5. The van der Waals surface area contributed by atoms with E-state index in [9.17, 15) is 19.2 Å². The second-order valence-corrected chi connectivity index (χ2v) is 28.9. The van der Waals surface area contributed by atoms with E-state index in [2.05, 4.69) is 186 Å². The van der Waals surface area contributed by atoms with Gasteiger partial charge in [0.2, 0.25) is 0 Å². The van der Waals surface area contributed by atoms with Crippen LogP contribution in [0.4, 0.5) is 0 Å². The molecular weight excluding hydrogens is 2450 g/mol. The Morgan fingerprint density at radius 2 is 0.680 bits per heavy atom. The summed E-state index contributed by atoms with van der Waals surface area (Å²) < 4.78 is 5.11. The SMILES string of the molecule is CC(=O)C=C(C)O.CC(=O)C=C(C)O.CC(=O)C=C(C)O.CC(=O)C=C(C)O.Cc1[c-]c(-c2nccc3c2sc2ccccc23)cc(C)c1.Cc1cc2ccccc2nc1-c1[c-]cccc1.[Ir].[Ir].[Ir].[Ir].[Ir].[c-]1ccccc1-c1ccc2ccccc2n1.[c-]1ccccc1-c1nccc2c1sc1ccccc12.[c-]1ccccc1-c1nccc2ccccc12. The quantitative estimate of drug-likeness (QED) is 0.0602. The van der Waals surface area contributed by atoms with Crippen molar-refractivity contribution in [1.82, 2.24) is 24.9 Å². The van der Waals surface area contributed by atoms with Crippen molar-refractivity contribution < 1.29 is 140 Å². The van der Waals surface area contributed by atoms with E-state index in [4.69, 9.17) is 25.4 Å². The van der Waals surface area contributed by atoms with Gasteiger partial charge in [0.1, 0.15) is 0 Å². The molecule has 7 heterocycles. The minimum atomic E-state index is -0.125. The van der Waals surface area contributed by atoms with E-state index in [0.29, 0.717) is 0 Å². The Labute approximate surface area is 788 Å². The van der Waals surface area contributed by atoms with Gasteiger partial charge in [-0.3, -0.25) is 29.1 Å². The molecule has 0 saturated heterocycles. The zero-order valence-electron chi connectivity index (χ0n) is 68.6. The molecule has 7 aromatic heterocycles. The molecule has 0 aliphatic heterocycles. The maximum atomic E-state index is 10.0. The summed E-state index contributed by atoms with van der Waals surface area (Å²) in [6.45, 7) is 17.7. The first kappa shape index (κ1) is 104. The molecule has 20 heteroatoms. The van der Waals surface area contributed by atoms with Crippen LogP contribution in [-0.2, 0) is 120 Å². The van der Waals surface area contributed by atoms with Gasteiger partial charge in [0.25, 0.3) is 0 Å². The number of hydrogen-bond donors (Lipinski definition) is 4. The van der Waals surface area contributed by atoms with E-state index < -0.39 is 0 Å². The van der Waals surface area contributed by atoms with Crippen molar-refractivity contribution in [2.24, 2.45) is 0 Å². The van der Waals surface area contributed by atoms with Crippen LogP contribution >= 0.6 is 22.7 Å². The fourth-order valence-electron chi connectivity index (χ4n) is 12.1. The Bertz CT molecular complexity index is 6230. The van der Waals surface area contributed by atoms with Crippen LogP contribution < -0.4 is 0 Å². The van der Waals surface area contributed by atoms with Crippen LogP contribution in [0.3, 0.4) is 0 Å². The number of ketones is 4. The Kier molecular flexibility index (Phi) is 45.2. The summed E-state index contributed by atoms with van der Waals surface area (Å²) in [5, 5.41) is 43.4. The van der Waals surface area contributed by atoms with Gasteiger partial charge in [-0.15, -0.1) is 201 Å². The first-order chi connectivity index (χ1) is 56.4. The maximum Gasteiger partial charge on any atom is 0.155 e. The molecule has 17 aromatic rings. The van der Waals surface area contributed by atoms with Gasteiger partial charge < -0.3 is 35.4 Å². The van der Waals surface area contributed by atoms with Crippen molar-refractivity contribution in [3.63, 3.8) is 0 Å².